The van der Waals surface area contributed by atoms with E-state index in [1.165, 1.54) is 6.92 Å². The molecule has 0 aromatic heterocycles. The van der Waals surface area contributed by atoms with Gasteiger partial charge in [-0.2, -0.15) is 22.3 Å². The van der Waals surface area contributed by atoms with E-state index >= 15 is 0 Å². The lowest BCUT2D eigenvalue weighted by Gasteiger charge is -2.32. The number of amides is 1. The van der Waals surface area contributed by atoms with Gasteiger partial charge in [-0.25, -0.2) is 9.37 Å². The fourth-order valence-electron chi connectivity index (χ4n) is 4.70. The Morgan fingerprint density at radius 3 is 2.53 bits per heavy atom. The Labute approximate surface area is 200 Å². The number of fused-ring (bicyclic) bond motifs is 1. The average Bonchev–Trinajstić information content (AvgIpc) is 3.07. The Hall–Kier alpha value is -3.74. The molecule has 1 saturated heterocycles. The maximum atomic E-state index is 14.5. The predicted octanol–water partition coefficient (Wildman–Crippen LogP) is 3.78. The standard InChI is InChI=1S/C23H20F5N3O5/c1-9-15(10-4-5-11(24)17(25)19(10)35-3)20(36-22(9,2)23(26,27)28)13-8-14(32)16-12(30-13)6-7-31(34)18(16)21(29)33/h4-9,15,20,34H,1-3H3,(H2,29,33)/t9-,15-,20-,22+/m0/s1. The highest BCUT2D eigenvalue weighted by molar-refractivity contribution is 5.97. The van der Waals surface area contributed by atoms with Crippen LogP contribution in [0.3, 0.4) is 0 Å². The van der Waals surface area contributed by atoms with Gasteiger partial charge in [0.05, 0.1) is 24.1 Å². The minimum absolute atomic E-state index is 0.115. The SMILES string of the molecule is COc1c([C@H]2[C@H](c3cc(=O)c4c(C(N)=O)n(O)ccc-4n3)O[C@@](C)(C(F)(F)F)[C@H]2C)ccc(F)c1F. The normalized spacial score (nSPS) is 24.3. The van der Waals surface area contributed by atoms with E-state index in [9.17, 15) is 36.7 Å². The molecule has 3 N–H and O–H groups in total. The summed E-state index contributed by atoms with van der Waals surface area (Å²) in [7, 11) is 1.04. The molecule has 1 aromatic carbocycles. The molecule has 3 aliphatic heterocycles. The zero-order valence-electron chi connectivity index (χ0n) is 19.1. The largest absolute Gasteiger partial charge is 0.493 e. The van der Waals surface area contributed by atoms with E-state index in [-0.39, 0.29) is 22.5 Å². The maximum Gasteiger partial charge on any atom is 0.417 e. The lowest BCUT2D eigenvalue weighted by Crippen LogP contribution is -2.46. The van der Waals surface area contributed by atoms with E-state index < -0.39 is 64.1 Å². The number of ether oxygens (including phenoxy) is 2. The molecule has 3 aliphatic rings. The van der Waals surface area contributed by atoms with Gasteiger partial charge in [-0.1, -0.05) is 13.0 Å². The summed E-state index contributed by atoms with van der Waals surface area (Å²) in [5.41, 5.74) is 0.164. The Morgan fingerprint density at radius 2 is 1.94 bits per heavy atom. The molecule has 0 radical (unpaired) electrons. The van der Waals surface area contributed by atoms with Gasteiger partial charge in [-0.05, 0) is 19.1 Å². The van der Waals surface area contributed by atoms with Crippen LogP contribution in [0, 0.1) is 17.6 Å². The molecule has 1 aromatic rings. The van der Waals surface area contributed by atoms with Crippen LogP contribution in [-0.2, 0) is 4.74 Å². The topological polar surface area (TPSA) is 117 Å². The van der Waals surface area contributed by atoms with Gasteiger partial charge < -0.3 is 20.4 Å². The number of carbonyl (C=O) groups excluding carboxylic acids is 1. The lowest BCUT2D eigenvalue weighted by molar-refractivity contribution is -0.275. The second-order valence-electron chi connectivity index (χ2n) is 8.62. The second-order valence-corrected chi connectivity index (χ2v) is 8.62. The number of hydrogen-bond donors (Lipinski definition) is 2. The van der Waals surface area contributed by atoms with Crippen molar-refractivity contribution in [3.05, 3.63) is 69.3 Å². The maximum absolute atomic E-state index is 14.5. The van der Waals surface area contributed by atoms with Gasteiger partial charge in [0.2, 0.25) is 5.82 Å². The van der Waals surface area contributed by atoms with Crippen molar-refractivity contribution in [2.75, 3.05) is 7.11 Å². The number of rotatable bonds is 4. The molecule has 0 unspecified atom stereocenters. The summed E-state index contributed by atoms with van der Waals surface area (Å²) in [6.07, 6.45) is -5.46. The highest BCUT2D eigenvalue weighted by atomic mass is 19.4. The molecule has 192 valence electrons. The summed E-state index contributed by atoms with van der Waals surface area (Å²) in [6.45, 7) is 2.05. The van der Waals surface area contributed by atoms with Crippen molar-refractivity contribution < 1.29 is 41.4 Å². The number of carbonyl (C=O) groups is 1. The molecule has 0 saturated carbocycles. The summed E-state index contributed by atoms with van der Waals surface area (Å²) >= 11 is 0. The van der Waals surface area contributed by atoms with Gasteiger partial charge in [-0.3, -0.25) is 9.59 Å². The summed E-state index contributed by atoms with van der Waals surface area (Å²) in [5.74, 6) is -7.06. The molecule has 8 nitrogen and oxygen atoms in total. The number of methoxy groups -OCH3 is 1. The number of halogens is 5. The van der Waals surface area contributed by atoms with Crippen LogP contribution in [0.5, 0.6) is 5.75 Å². The van der Waals surface area contributed by atoms with Crippen molar-refractivity contribution in [1.82, 2.24) is 9.71 Å². The van der Waals surface area contributed by atoms with Gasteiger partial charge in [0.25, 0.3) is 5.91 Å². The molecule has 4 atom stereocenters. The molecule has 0 spiro atoms. The highest BCUT2D eigenvalue weighted by Crippen LogP contribution is 2.59. The van der Waals surface area contributed by atoms with Crippen LogP contribution in [0.15, 0.2) is 35.3 Å². The predicted molar refractivity (Wildman–Crippen MR) is 114 cm³/mol. The third-order valence-corrected chi connectivity index (χ3v) is 6.71. The summed E-state index contributed by atoms with van der Waals surface area (Å²) in [4.78, 5) is 29.0. The molecule has 36 heavy (non-hydrogen) atoms. The van der Waals surface area contributed by atoms with E-state index in [0.717, 1.165) is 44.5 Å². The first-order chi connectivity index (χ1) is 16.7. The lowest BCUT2D eigenvalue weighted by atomic mass is 9.76. The minimum atomic E-state index is -4.88. The quantitative estimate of drug-likeness (QED) is 0.405. The van der Waals surface area contributed by atoms with E-state index in [1.54, 1.807) is 0 Å². The molecule has 4 rings (SSSR count). The molecule has 0 aliphatic carbocycles. The Bertz CT molecular complexity index is 1390. The van der Waals surface area contributed by atoms with Crippen molar-refractivity contribution in [2.24, 2.45) is 11.7 Å². The summed E-state index contributed by atoms with van der Waals surface area (Å²) < 4.78 is 81.7. The van der Waals surface area contributed by atoms with Gasteiger partial charge in [0.1, 0.15) is 6.10 Å². The van der Waals surface area contributed by atoms with Gasteiger partial charge >= 0.3 is 6.18 Å². The Morgan fingerprint density at radius 1 is 1.28 bits per heavy atom. The number of nitrogens with two attached hydrogens (primary N) is 1. The number of pyridine rings is 2. The smallest absolute Gasteiger partial charge is 0.417 e. The Kier molecular flexibility index (Phi) is 5.94. The van der Waals surface area contributed by atoms with Gasteiger partial charge in [-0.15, -0.1) is 0 Å². The monoisotopic (exact) mass is 513 g/mol. The fraction of sp³-hybridized carbons (Fsp3) is 0.348. The Balaban J connectivity index is 1.99. The van der Waals surface area contributed by atoms with Crippen molar-refractivity contribution in [1.29, 1.82) is 0 Å². The van der Waals surface area contributed by atoms with Gasteiger partial charge in [0, 0.05) is 29.7 Å². The van der Waals surface area contributed by atoms with Crippen LogP contribution in [0.4, 0.5) is 22.0 Å². The summed E-state index contributed by atoms with van der Waals surface area (Å²) in [6, 6.07) is 3.86. The van der Waals surface area contributed by atoms with Gasteiger partial charge in [0.15, 0.2) is 28.3 Å². The van der Waals surface area contributed by atoms with Crippen molar-refractivity contribution in [3.63, 3.8) is 0 Å². The number of hydrogen-bond acceptors (Lipinski definition) is 6. The first-order valence-electron chi connectivity index (χ1n) is 10.5. The van der Waals surface area contributed by atoms with Crippen molar-refractivity contribution in [3.8, 4) is 17.0 Å². The van der Waals surface area contributed by atoms with Crippen molar-refractivity contribution >= 4 is 5.91 Å². The molecule has 1 amide bonds. The van der Waals surface area contributed by atoms with E-state index in [2.05, 4.69) is 4.98 Å². The molecular formula is C23H20F5N3O5. The highest BCUT2D eigenvalue weighted by Gasteiger charge is 2.65. The van der Waals surface area contributed by atoms with Crippen LogP contribution < -0.4 is 15.9 Å². The number of benzene rings is 1. The van der Waals surface area contributed by atoms with Crippen LogP contribution in [0.2, 0.25) is 0 Å². The number of alkyl halides is 3. The zero-order chi connectivity index (χ0) is 26.7. The zero-order valence-corrected chi connectivity index (χ0v) is 19.1. The van der Waals surface area contributed by atoms with Crippen molar-refractivity contribution in [2.45, 2.75) is 37.6 Å². The van der Waals surface area contributed by atoms with Crippen LogP contribution in [-0.4, -0.2) is 39.7 Å². The van der Waals surface area contributed by atoms with E-state index in [4.69, 9.17) is 15.2 Å². The molecule has 1 fully saturated rings. The number of primary amides is 1. The van der Waals surface area contributed by atoms with Crippen LogP contribution in [0.1, 0.15) is 47.6 Å². The number of nitrogens with zero attached hydrogens (tertiary/aromatic N) is 2. The second kappa shape index (κ2) is 8.43. The first kappa shape index (κ1) is 25.4. The number of aromatic nitrogens is 2. The molecular weight excluding hydrogens is 493 g/mol. The van der Waals surface area contributed by atoms with E-state index in [1.807, 2.05) is 0 Å². The molecule has 13 heteroatoms. The third-order valence-electron chi connectivity index (χ3n) is 6.71. The first-order valence-corrected chi connectivity index (χ1v) is 10.5. The minimum Gasteiger partial charge on any atom is -0.493 e. The molecule has 3 heterocycles. The van der Waals surface area contributed by atoms with E-state index in [0.29, 0.717) is 4.73 Å². The summed E-state index contributed by atoms with van der Waals surface area (Å²) in [5, 5.41) is 9.89. The van der Waals surface area contributed by atoms with Crippen LogP contribution in [0.25, 0.3) is 11.3 Å². The third kappa shape index (κ3) is 3.65. The molecule has 0 bridgehead atoms. The van der Waals surface area contributed by atoms with Crippen LogP contribution >= 0.6 is 0 Å². The fourth-order valence-corrected chi connectivity index (χ4v) is 4.70. The average molecular weight is 513 g/mol.